The summed E-state index contributed by atoms with van der Waals surface area (Å²) in [6, 6.07) is 4.58. The van der Waals surface area contributed by atoms with Crippen LogP contribution in [0.25, 0.3) is 0 Å². The molecule has 3 fully saturated rings. The van der Waals surface area contributed by atoms with E-state index in [2.05, 4.69) is 4.72 Å². The van der Waals surface area contributed by atoms with Gasteiger partial charge in [-0.3, -0.25) is 9.52 Å². The minimum Gasteiger partial charge on any atom is -0.393 e. The molecule has 172 valence electrons. The average molecular weight is 454 g/mol. The molecule has 31 heavy (non-hydrogen) atoms. The standard InChI is InChI=1S/C22H32FN3O4S/c1-2-31(29,30)24-16-4-9-20(19(23)14-16)25-12-3-10-22(15-25)11-13-26(21(22)28)17-5-7-18(27)8-6-17/h4,9,14,17-18,24,27H,2-3,5-8,10-13,15H2,1H3/t17?,18?,22-/m0/s1. The zero-order valence-electron chi connectivity index (χ0n) is 18.0. The molecule has 3 aliphatic rings. The highest BCUT2D eigenvalue weighted by molar-refractivity contribution is 7.92. The third-order valence-electron chi connectivity index (χ3n) is 7.17. The Bertz CT molecular complexity index is 933. The molecule has 7 nitrogen and oxygen atoms in total. The fourth-order valence-corrected chi connectivity index (χ4v) is 5.99. The summed E-state index contributed by atoms with van der Waals surface area (Å²) >= 11 is 0. The fraction of sp³-hybridized carbons (Fsp3) is 0.682. The lowest BCUT2D eigenvalue weighted by Crippen LogP contribution is -2.50. The number of nitrogens with zero attached hydrogens (tertiary/aromatic N) is 2. The van der Waals surface area contributed by atoms with Gasteiger partial charge in [-0.05, 0) is 64.0 Å². The Balaban J connectivity index is 1.48. The first kappa shape index (κ1) is 22.3. The van der Waals surface area contributed by atoms with E-state index in [4.69, 9.17) is 0 Å². The van der Waals surface area contributed by atoms with Gasteiger partial charge in [0.2, 0.25) is 15.9 Å². The van der Waals surface area contributed by atoms with Gasteiger partial charge >= 0.3 is 0 Å². The topological polar surface area (TPSA) is 90.0 Å². The molecule has 0 bridgehead atoms. The predicted octanol–water partition coefficient (Wildman–Crippen LogP) is 2.71. The molecule has 1 spiro atoms. The van der Waals surface area contributed by atoms with Crippen molar-refractivity contribution in [1.82, 2.24) is 4.90 Å². The number of hydrogen-bond acceptors (Lipinski definition) is 5. The molecule has 2 saturated heterocycles. The number of aliphatic hydroxyl groups is 1. The number of sulfonamides is 1. The van der Waals surface area contributed by atoms with Crippen LogP contribution in [0.2, 0.25) is 0 Å². The summed E-state index contributed by atoms with van der Waals surface area (Å²) in [5.74, 6) is -0.396. The predicted molar refractivity (Wildman–Crippen MR) is 118 cm³/mol. The van der Waals surface area contributed by atoms with E-state index in [9.17, 15) is 22.7 Å². The molecule has 4 rings (SSSR count). The molecular formula is C22H32FN3O4S. The minimum atomic E-state index is -3.47. The molecule has 0 unspecified atom stereocenters. The fourth-order valence-electron chi connectivity index (χ4n) is 5.36. The van der Waals surface area contributed by atoms with Gasteiger partial charge in [-0.15, -0.1) is 0 Å². The average Bonchev–Trinajstić information content (AvgIpc) is 3.04. The molecule has 2 heterocycles. The Morgan fingerprint density at radius 2 is 1.94 bits per heavy atom. The van der Waals surface area contributed by atoms with E-state index in [0.29, 0.717) is 18.8 Å². The second kappa shape index (κ2) is 8.58. The number of piperidine rings is 1. The number of likely N-dealkylation sites (tertiary alicyclic amines) is 1. The van der Waals surface area contributed by atoms with Crippen molar-refractivity contribution in [3.63, 3.8) is 0 Å². The van der Waals surface area contributed by atoms with Crippen molar-refractivity contribution in [2.45, 2.75) is 64.0 Å². The highest BCUT2D eigenvalue weighted by Crippen LogP contribution is 2.44. The number of carbonyl (C=O) groups is 1. The summed E-state index contributed by atoms with van der Waals surface area (Å²) in [5, 5.41) is 9.78. The first-order valence-corrected chi connectivity index (χ1v) is 12.9. The van der Waals surface area contributed by atoms with Gasteiger partial charge in [-0.1, -0.05) is 0 Å². The van der Waals surface area contributed by atoms with E-state index >= 15 is 0 Å². The Hall–Kier alpha value is -1.87. The Labute approximate surface area is 183 Å². The number of nitrogens with one attached hydrogen (secondary N) is 1. The lowest BCUT2D eigenvalue weighted by atomic mass is 9.78. The van der Waals surface area contributed by atoms with Gasteiger partial charge in [-0.25, -0.2) is 12.8 Å². The van der Waals surface area contributed by atoms with Crippen molar-refractivity contribution in [3.05, 3.63) is 24.0 Å². The van der Waals surface area contributed by atoms with Crippen LogP contribution in [0.4, 0.5) is 15.8 Å². The SMILES string of the molecule is CCS(=O)(=O)Nc1ccc(N2CCC[C@]3(CCN(C4CCC(O)CC4)C3=O)C2)c(F)c1. The highest BCUT2D eigenvalue weighted by Gasteiger charge is 2.50. The number of aliphatic hydroxyl groups excluding tert-OH is 1. The first-order chi connectivity index (χ1) is 14.7. The van der Waals surface area contributed by atoms with Gasteiger partial charge in [0.25, 0.3) is 0 Å². The second-order valence-electron chi connectivity index (χ2n) is 9.19. The van der Waals surface area contributed by atoms with E-state index in [0.717, 1.165) is 51.5 Å². The summed E-state index contributed by atoms with van der Waals surface area (Å²) in [6.45, 7) is 3.40. The van der Waals surface area contributed by atoms with Crippen molar-refractivity contribution < 1.29 is 22.7 Å². The molecular weight excluding hydrogens is 421 g/mol. The normalized spacial score (nSPS) is 29.6. The van der Waals surface area contributed by atoms with Crippen LogP contribution < -0.4 is 9.62 Å². The van der Waals surface area contributed by atoms with Crippen molar-refractivity contribution in [3.8, 4) is 0 Å². The number of halogens is 1. The van der Waals surface area contributed by atoms with Crippen LogP contribution in [0, 0.1) is 11.2 Å². The van der Waals surface area contributed by atoms with Crippen LogP contribution in [-0.2, 0) is 14.8 Å². The van der Waals surface area contributed by atoms with Gasteiger partial charge in [0, 0.05) is 31.7 Å². The van der Waals surface area contributed by atoms with Crippen LogP contribution in [0.1, 0.15) is 51.9 Å². The molecule has 1 aromatic rings. The third-order valence-corrected chi connectivity index (χ3v) is 8.48. The quantitative estimate of drug-likeness (QED) is 0.716. The van der Waals surface area contributed by atoms with Gasteiger partial charge in [0.05, 0.1) is 28.6 Å². The molecule has 2 aliphatic heterocycles. The lowest BCUT2D eigenvalue weighted by molar-refractivity contribution is -0.139. The van der Waals surface area contributed by atoms with Gasteiger partial charge in [0.1, 0.15) is 5.82 Å². The molecule has 1 amide bonds. The number of rotatable bonds is 5. The van der Waals surface area contributed by atoms with Gasteiger partial charge in [-0.2, -0.15) is 0 Å². The molecule has 1 atom stereocenters. The van der Waals surface area contributed by atoms with Gasteiger partial charge in [0.15, 0.2) is 0 Å². The molecule has 0 aromatic heterocycles. The van der Waals surface area contributed by atoms with Crippen molar-refractivity contribution >= 4 is 27.3 Å². The minimum absolute atomic E-state index is 0.0798. The molecule has 1 aromatic carbocycles. The largest absolute Gasteiger partial charge is 0.393 e. The monoisotopic (exact) mass is 453 g/mol. The number of carbonyl (C=O) groups excluding carboxylic acids is 1. The van der Waals surface area contributed by atoms with Crippen LogP contribution in [-0.4, -0.2) is 61.9 Å². The Kier molecular flexibility index (Phi) is 6.18. The van der Waals surface area contributed by atoms with Crippen molar-refractivity contribution in [1.29, 1.82) is 0 Å². The van der Waals surface area contributed by atoms with E-state index in [-0.39, 0.29) is 29.5 Å². The molecule has 2 N–H and O–H groups in total. The molecule has 0 radical (unpaired) electrons. The first-order valence-electron chi connectivity index (χ1n) is 11.3. The number of amides is 1. The molecule has 1 aliphatic carbocycles. The lowest BCUT2D eigenvalue weighted by Gasteiger charge is -2.41. The van der Waals surface area contributed by atoms with E-state index < -0.39 is 21.3 Å². The maximum Gasteiger partial charge on any atom is 0.232 e. The highest BCUT2D eigenvalue weighted by atomic mass is 32.2. The summed E-state index contributed by atoms with van der Waals surface area (Å²) in [7, 11) is -3.47. The zero-order chi connectivity index (χ0) is 22.2. The smallest absolute Gasteiger partial charge is 0.232 e. The number of benzene rings is 1. The van der Waals surface area contributed by atoms with Crippen LogP contribution in [0.15, 0.2) is 18.2 Å². The van der Waals surface area contributed by atoms with E-state index in [1.807, 2.05) is 9.80 Å². The maximum absolute atomic E-state index is 14.9. The molecule has 9 heteroatoms. The van der Waals surface area contributed by atoms with Crippen LogP contribution in [0.3, 0.4) is 0 Å². The summed E-state index contributed by atoms with van der Waals surface area (Å²) in [6.07, 6.45) is 5.32. The van der Waals surface area contributed by atoms with Crippen molar-refractivity contribution in [2.75, 3.05) is 35.0 Å². The summed E-state index contributed by atoms with van der Waals surface area (Å²) < 4.78 is 40.8. The number of anilines is 2. The van der Waals surface area contributed by atoms with E-state index in [1.165, 1.54) is 13.0 Å². The van der Waals surface area contributed by atoms with Crippen molar-refractivity contribution in [2.24, 2.45) is 5.41 Å². The van der Waals surface area contributed by atoms with Crippen LogP contribution in [0.5, 0.6) is 0 Å². The number of hydrogen-bond donors (Lipinski definition) is 2. The zero-order valence-corrected chi connectivity index (χ0v) is 18.8. The Morgan fingerprint density at radius 1 is 1.19 bits per heavy atom. The van der Waals surface area contributed by atoms with Crippen LogP contribution >= 0.6 is 0 Å². The Morgan fingerprint density at radius 3 is 2.61 bits per heavy atom. The van der Waals surface area contributed by atoms with Gasteiger partial charge < -0.3 is 14.9 Å². The van der Waals surface area contributed by atoms with E-state index in [1.54, 1.807) is 12.1 Å². The maximum atomic E-state index is 14.9. The third kappa shape index (κ3) is 4.53. The molecule has 1 saturated carbocycles. The second-order valence-corrected chi connectivity index (χ2v) is 11.2. The summed E-state index contributed by atoms with van der Waals surface area (Å²) in [4.78, 5) is 17.4. The summed E-state index contributed by atoms with van der Waals surface area (Å²) in [5.41, 5.74) is 0.131.